The Morgan fingerprint density at radius 2 is 2.04 bits per heavy atom. The van der Waals surface area contributed by atoms with Gasteiger partial charge in [0.15, 0.2) is 0 Å². The molecule has 1 aromatic carbocycles. The summed E-state index contributed by atoms with van der Waals surface area (Å²) in [4.78, 5) is 14.0. The van der Waals surface area contributed by atoms with Crippen molar-refractivity contribution in [2.45, 2.75) is 58.3 Å². The summed E-state index contributed by atoms with van der Waals surface area (Å²) < 4.78 is 18.6. The molecule has 5 heteroatoms. The fourth-order valence-corrected chi connectivity index (χ4v) is 3.02. The number of alkyl halides is 1. The van der Waals surface area contributed by atoms with Crippen LogP contribution in [0.1, 0.15) is 57.4 Å². The molecule has 1 amide bonds. The molecule has 4 nitrogen and oxygen atoms in total. The van der Waals surface area contributed by atoms with Crippen LogP contribution in [0.25, 0.3) is 0 Å². The minimum atomic E-state index is -1.50. The molecule has 0 aliphatic carbocycles. The van der Waals surface area contributed by atoms with Crippen LogP contribution in [0.5, 0.6) is 0 Å². The maximum absolute atomic E-state index is 13.2. The van der Waals surface area contributed by atoms with Crippen LogP contribution in [0.15, 0.2) is 18.2 Å². The summed E-state index contributed by atoms with van der Waals surface area (Å²) in [5.74, 6) is 0. The molecule has 2 rings (SSSR count). The first-order valence-electron chi connectivity index (χ1n) is 7.97. The summed E-state index contributed by atoms with van der Waals surface area (Å²) in [6, 6.07) is 5.31. The lowest BCUT2D eigenvalue weighted by atomic mass is 9.84. The number of fused-ring (bicyclic) bond motifs is 1. The van der Waals surface area contributed by atoms with Crippen LogP contribution in [-0.4, -0.2) is 34.9 Å². The van der Waals surface area contributed by atoms with Crippen LogP contribution in [-0.2, 0) is 16.8 Å². The quantitative estimate of drug-likeness (QED) is 0.902. The Hall–Kier alpha value is -1.62. The summed E-state index contributed by atoms with van der Waals surface area (Å²) in [5.41, 5.74) is 0.430. The van der Waals surface area contributed by atoms with Gasteiger partial charge < -0.3 is 14.7 Å². The number of rotatable bonds is 2. The fraction of sp³-hybridized carbons (Fsp3) is 0.611. The number of carbonyl (C=O) groups is 1. The number of benzene rings is 1. The highest BCUT2D eigenvalue weighted by Crippen LogP contribution is 2.36. The van der Waals surface area contributed by atoms with Gasteiger partial charge in [-0.05, 0) is 57.7 Å². The summed E-state index contributed by atoms with van der Waals surface area (Å²) in [5, 5.41) is 10.3. The highest BCUT2D eigenvalue weighted by molar-refractivity contribution is 5.69. The second-order valence-corrected chi connectivity index (χ2v) is 7.38. The summed E-state index contributed by atoms with van der Waals surface area (Å²) in [6.45, 7) is 8.57. The molecule has 2 atom stereocenters. The molecule has 1 unspecified atom stereocenters. The van der Waals surface area contributed by atoms with Crippen LogP contribution in [0.2, 0.25) is 0 Å². The molecule has 0 saturated carbocycles. The lowest BCUT2D eigenvalue weighted by Crippen LogP contribution is -2.43. The molecule has 1 N–H and O–H groups in total. The average molecular weight is 323 g/mol. The topological polar surface area (TPSA) is 49.8 Å². The molecule has 0 aromatic heterocycles. The van der Waals surface area contributed by atoms with Gasteiger partial charge in [0.05, 0.1) is 6.04 Å². The Labute approximate surface area is 137 Å². The maximum Gasteiger partial charge on any atom is 0.410 e. The molecular weight excluding hydrogens is 297 g/mol. The smallest absolute Gasteiger partial charge is 0.410 e. The summed E-state index contributed by atoms with van der Waals surface area (Å²) >= 11 is 0. The van der Waals surface area contributed by atoms with Gasteiger partial charge in [0.25, 0.3) is 0 Å². The van der Waals surface area contributed by atoms with E-state index in [0.717, 1.165) is 11.1 Å². The zero-order chi connectivity index (χ0) is 17.4. The number of hydrogen-bond acceptors (Lipinski definition) is 3. The monoisotopic (exact) mass is 323 g/mol. The van der Waals surface area contributed by atoms with Crippen molar-refractivity contribution in [1.82, 2.24) is 4.90 Å². The van der Waals surface area contributed by atoms with Crippen molar-refractivity contribution >= 4 is 6.09 Å². The predicted molar refractivity (Wildman–Crippen MR) is 87.0 cm³/mol. The first-order valence-corrected chi connectivity index (χ1v) is 7.97. The first-order chi connectivity index (χ1) is 10.6. The predicted octanol–water partition coefficient (Wildman–Crippen LogP) is 3.72. The van der Waals surface area contributed by atoms with Gasteiger partial charge in [-0.3, -0.25) is 0 Å². The molecule has 128 valence electrons. The number of ether oxygens (including phenoxy) is 1. The SMILES string of the molecule is C[C@H]1c2cccc(C(C)(O)CF)c2CCN1C(=O)OC(C)(C)C. The van der Waals surface area contributed by atoms with Crippen molar-refractivity contribution in [3.63, 3.8) is 0 Å². The molecule has 0 fully saturated rings. The number of hydrogen-bond donors (Lipinski definition) is 1. The second-order valence-electron chi connectivity index (χ2n) is 7.38. The van der Waals surface area contributed by atoms with E-state index in [1.165, 1.54) is 6.92 Å². The third-order valence-corrected chi connectivity index (χ3v) is 4.20. The average Bonchev–Trinajstić information content (AvgIpc) is 2.45. The van der Waals surface area contributed by atoms with E-state index in [0.29, 0.717) is 18.5 Å². The Balaban J connectivity index is 2.33. The van der Waals surface area contributed by atoms with Crippen LogP contribution in [0, 0.1) is 0 Å². The fourth-order valence-electron chi connectivity index (χ4n) is 3.02. The lowest BCUT2D eigenvalue weighted by molar-refractivity contribution is 0.0146. The molecule has 1 aromatic rings. The molecule has 0 spiro atoms. The van der Waals surface area contributed by atoms with Crippen LogP contribution in [0.3, 0.4) is 0 Å². The Kier molecular flexibility index (Phi) is 4.71. The van der Waals surface area contributed by atoms with E-state index < -0.39 is 17.9 Å². The standard InChI is InChI=1S/C18H26FNO3/c1-12-13-7-6-8-15(18(5,22)11-19)14(13)9-10-20(12)16(21)23-17(2,3)4/h6-8,12,22H,9-11H2,1-5H3/t12-,18?/m0/s1. The van der Waals surface area contributed by atoms with E-state index in [4.69, 9.17) is 4.74 Å². The Morgan fingerprint density at radius 3 is 2.61 bits per heavy atom. The minimum Gasteiger partial charge on any atom is -0.444 e. The van der Waals surface area contributed by atoms with Gasteiger partial charge in [0, 0.05) is 6.54 Å². The van der Waals surface area contributed by atoms with Crippen molar-refractivity contribution in [2.75, 3.05) is 13.2 Å². The van der Waals surface area contributed by atoms with Crippen molar-refractivity contribution in [1.29, 1.82) is 0 Å². The molecule has 1 heterocycles. The highest BCUT2D eigenvalue weighted by atomic mass is 19.1. The Bertz CT molecular complexity index is 592. The third kappa shape index (κ3) is 3.66. The van der Waals surface area contributed by atoms with Gasteiger partial charge in [0.2, 0.25) is 0 Å². The molecular formula is C18H26FNO3. The molecule has 1 aliphatic heterocycles. The molecule has 1 aliphatic rings. The largest absolute Gasteiger partial charge is 0.444 e. The lowest BCUT2D eigenvalue weighted by Gasteiger charge is -2.38. The number of halogens is 1. The molecule has 23 heavy (non-hydrogen) atoms. The summed E-state index contributed by atoms with van der Waals surface area (Å²) in [6.07, 6.45) is 0.226. The van der Waals surface area contributed by atoms with Crippen molar-refractivity contribution < 1.29 is 19.0 Å². The van der Waals surface area contributed by atoms with Gasteiger partial charge in [-0.1, -0.05) is 18.2 Å². The van der Waals surface area contributed by atoms with E-state index in [2.05, 4.69) is 0 Å². The number of aliphatic hydroxyl groups is 1. The zero-order valence-electron chi connectivity index (χ0n) is 14.5. The van der Waals surface area contributed by atoms with E-state index in [-0.39, 0.29) is 12.1 Å². The van der Waals surface area contributed by atoms with Gasteiger partial charge in [-0.15, -0.1) is 0 Å². The normalized spacial score (nSPS) is 20.7. The van der Waals surface area contributed by atoms with E-state index in [1.54, 1.807) is 17.0 Å². The molecule has 0 radical (unpaired) electrons. The maximum atomic E-state index is 13.2. The van der Waals surface area contributed by atoms with Crippen LogP contribution in [0.4, 0.5) is 9.18 Å². The van der Waals surface area contributed by atoms with Crippen LogP contribution >= 0.6 is 0 Å². The first kappa shape index (κ1) is 17.7. The highest BCUT2D eigenvalue weighted by Gasteiger charge is 2.35. The third-order valence-electron chi connectivity index (χ3n) is 4.20. The van der Waals surface area contributed by atoms with Crippen LogP contribution < -0.4 is 0 Å². The van der Waals surface area contributed by atoms with Crippen molar-refractivity contribution in [2.24, 2.45) is 0 Å². The van der Waals surface area contributed by atoms with E-state index in [1.807, 2.05) is 33.8 Å². The van der Waals surface area contributed by atoms with Crippen molar-refractivity contribution in [3.05, 3.63) is 34.9 Å². The molecule has 0 bridgehead atoms. The second kappa shape index (κ2) is 6.11. The minimum absolute atomic E-state index is 0.177. The van der Waals surface area contributed by atoms with Gasteiger partial charge in [-0.2, -0.15) is 0 Å². The zero-order valence-corrected chi connectivity index (χ0v) is 14.5. The number of amides is 1. The van der Waals surface area contributed by atoms with E-state index in [9.17, 15) is 14.3 Å². The molecule has 0 saturated heterocycles. The van der Waals surface area contributed by atoms with Gasteiger partial charge in [0.1, 0.15) is 17.9 Å². The summed E-state index contributed by atoms with van der Waals surface area (Å²) in [7, 11) is 0. The number of nitrogens with zero attached hydrogens (tertiary/aromatic N) is 1. The van der Waals surface area contributed by atoms with Gasteiger partial charge >= 0.3 is 6.09 Å². The van der Waals surface area contributed by atoms with Crippen molar-refractivity contribution in [3.8, 4) is 0 Å². The number of carbonyl (C=O) groups excluding carboxylic acids is 1. The van der Waals surface area contributed by atoms with Gasteiger partial charge in [-0.25, -0.2) is 9.18 Å². The van der Waals surface area contributed by atoms with E-state index >= 15 is 0 Å². The Morgan fingerprint density at radius 1 is 1.39 bits per heavy atom.